The maximum Gasteiger partial charge on any atom is 0.305 e. The zero-order valence-corrected chi connectivity index (χ0v) is 16.4. The molecule has 4 rings (SSSR count). The van der Waals surface area contributed by atoms with Crippen LogP contribution >= 0.6 is 0 Å². The summed E-state index contributed by atoms with van der Waals surface area (Å²) in [6.45, 7) is 0.118. The molecule has 0 radical (unpaired) electrons. The number of carbonyl (C=O) groups excluding carboxylic acids is 2. The number of nitrogens with one attached hydrogen (secondary N) is 2. The third kappa shape index (κ3) is 4.90. The van der Waals surface area contributed by atoms with Crippen molar-refractivity contribution in [1.82, 2.24) is 10.9 Å². The van der Waals surface area contributed by atoms with E-state index in [1.54, 1.807) is 12.1 Å². The normalized spacial score (nSPS) is 10.6. The molecule has 0 bridgehead atoms. The van der Waals surface area contributed by atoms with Gasteiger partial charge >= 0.3 is 5.91 Å². The lowest BCUT2D eigenvalue weighted by Crippen LogP contribution is -2.42. The van der Waals surface area contributed by atoms with Crippen molar-refractivity contribution in [3.63, 3.8) is 0 Å². The molecule has 0 saturated carbocycles. The molecule has 0 aliphatic rings. The van der Waals surface area contributed by atoms with E-state index in [-0.39, 0.29) is 24.6 Å². The lowest BCUT2D eigenvalue weighted by atomic mass is 10.1. The van der Waals surface area contributed by atoms with Gasteiger partial charge in [-0.15, -0.1) is 0 Å². The molecule has 6 nitrogen and oxygen atoms in total. The van der Waals surface area contributed by atoms with Gasteiger partial charge in [0.25, 0.3) is 0 Å². The Labute approximate surface area is 177 Å². The molecule has 0 fully saturated rings. The first-order chi connectivity index (χ1) is 15.1. The van der Waals surface area contributed by atoms with Gasteiger partial charge in [0.15, 0.2) is 0 Å². The first kappa shape index (κ1) is 20.2. The van der Waals surface area contributed by atoms with Crippen LogP contribution in [0.2, 0.25) is 0 Å². The molecule has 3 aromatic carbocycles. The second-order valence-electron chi connectivity index (χ2n) is 6.81. The molecule has 0 spiro atoms. The summed E-state index contributed by atoms with van der Waals surface area (Å²) in [4.78, 5) is 24.8. The highest BCUT2D eigenvalue weighted by molar-refractivity contribution is 5.99. The Bertz CT molecular complexity index is 1200. The van der Waals surface area contributed by atoms with Crippen molar-refractivity contribution in [2.24, 2.45) is 0 Å². The number of amides is 2. The van der Waals surface area contributed by atoms with Gasteiger partial charge in [-0.2, -0.15) is 0 Å². The van der Waals surface area contributed by atoms with Crippen molar-refractivity contribution in [3.8, 4) is 5.75 Å². The summed E-state index contributed by atoms with van der Waals surface area (Å²) in [5, 5.41) is 0.751. The van der Waals surface area contributed by atoms with E-state index in [0.717, 1.165) is 5.39 Å². The molecular weight excluding hydrogens is 399 g/mol. The third-order valence-electron chi connectivity index (χ3n) is 4.62. The van der Waals surface area contributed by atoms with Gasteiger partial charge < -0.3 is 9.15 Å². The fourth-order valence-corrected chi connectivity index (χ4v) is 3.11. The number of ether oxygens (including phenoxy) is 1. The van der Waals surface area contributed by atoms with Crippen molar-refractivity contribution in [2.75, 3.05) is 0 Å². The number of rotatable bonds is 6. The molecule has 0 aliphatic carbocycles. The van der Waals surface area contributed by atoms with E-state index in [9.17, 15) is 14.0 Å². The summed E-state index contributed by atoms with van der Waals surface area (Å²) in [7, 11) is 0. The Morgan fingerprint density at radius 1 is 0.871 bits per heavy atom. The minimum Gasteiger partial charge on any atom is -0.489 e. The van der Waals surface area contributed by atoms with Crippen molar-refractivity contribution < 1.29 is 23.1 Å². The highest BCUT2D eigenvalue weighted by Crippen LogP contribution is 2.27. The number of para-hydroxylation sites is 2. The lowest BCUT2D eigenvalue weighted by Gasteiger charge is -2.09. The molecule has 2 amide bonds. The summed E-state index contributed by atoms with van der Waals surface area (Å²) in [5.74, 6) is -0.716. The second-order valence-corrected chi connectivity index (χ2v) is 6.81. The number of hydrazine groups is 1. The van der Waals surface area contributed by atoms with Crippen LogP contribution in [0, 0.1) is 5.82 Å². The molecule has 2 N–H and O–H groups in total. The molecule has 4 aromatic rings. The van der Waals surface area contributed by atoms with Crippen molar-refractivity contribution in [2.45, 2.75) is 13.0 Å². The van der Waals surface area contributed by atoms with Gasteiger partial charge in [0.05, 0.1) is 6.42 Å². The average Bonchev–Trinajstić information content (AvgIpc) is 3.17. The Morgan fingerprint density at radius 3 is 2.35 bits per heavy atom. The van der Waals surface area contributed by atoms with Gasteiger partial charge in [-0.3, -0.25) is 20.4 Å². The molecule has 0 aliphatic heterocycles. The fourth-order valence-electron chi connectivity index (χ4n) is 3.11. The van der Waals surface area contributed by atoms with Gasteiger partial charge in [-0.1, -0.05) is 48.5 Å². The smallest absolute Gasteiger partial charge is 0.305 e. The number of carbonyl (C=O) groups is 2. The van der Waals surface area contributed by atoms with Crippen LogP contribution in [0.1, 0.15) is 21.7 Å². The topological polar surface area (TPSA) is 80.6 Å². The molecular formula is C24H19FN2O4. The van der Waals surface area contributed by atoms with E-state index in [2.05, 4.69) is 10.9 Å². The maximum atomic E-state index is 13.0. The number of hydrogen-bond donors (Lipinski definition) is 2. The standard InChI is InChI=1S/C24H19FN2O4/c25-17-12-10-16(11-13-17)14-22(28)26-27-24(29)23-20(15-30-18-6-2-1-3-7-18)19-8-4-5-9-21(19)31-23/h1-13H,14-15H2,(H,26,28)(H,27,29). The van der Waals surface area contributed by atoms with Crippen molar-refractivity contribution in [3.05, 3.63) is 102 Å². The van der Waals surface area contributed by atoms with Crippen molar-refractivity contribution in [1.29, 1.82) is 0 Å². The average molecular weight is 418 g/mol. The number of halogens is 1. The van der Waals surface area contributed by atoms with E-state index < -0.39 is 11.8 Å². The Morgan fingerprint density at radius 2 is 1.58 bits per heavy atom. The van der Waals surface area contributed by atoms with Gasteiger partial charge in [0.2, 0.25) is 11.7 Å². The molecule has 31 heavy (non-hydrogen) atoms. The van der Waals surface area contributed by atoms with E-state index in [0.29, 0.717) is 22.5 Å². The number of hydrogen-bond acceptors (Lipinski definition) is 4. The summed E-state index contributed by atoms with van der Waals surface area (Å²) >= 11 is 0. The van der Waals surface area contributed by atoms with Crippen LogP contribution in [0.3, 0.4) is 0 Å². The van der Waals surface area contributed by atoms with Crippen LogP contribution in [-0.2, 0) is 17.8 Å². The van der Waals surface area contributed by atoms with E-state index in [4.69, 9.17) is 9.15 Å². The largest absolute Gasteiger partial charge is 0.489 e. The monoisotopic (exact) mass is 418 g/mol. The lowest BCUT2D eigenvalue weighted by molar-refractivity contribution is -0.121. The first-order valence-electron chi connectivity index (χ1n) is 9.62. The molecule has 1 heterocycles. The Kier molecular flexibility index (Phi) is 5.93. The predicted octanol–water partition coefficient (Wildman–Crippen LogP) is 4.15. The molecule has 0 unspecified atom stereocenters. The van der Waals surface area contributed by atoms with Gasteiger partial charge in [0, 0.05) is 10.9 Å². The van der Waals surface area contributed by atoms with Gasteiger partial charge in [-0.25, -0.2) is 4.39 Å². The second kappa shape index (κ2) is 9.13. The van der Waals surface area contributed by atoms with Crippen LogP contribution < -0.4 is 15.6 Å². The minimum atomic E-state index is -0.602. The molecule has 0 saturated heterocycles. The zero-order valence-electron chi connectivity index (χ0n) is 16.4. The van der Waals surface area contributed by atoms with Gasteiger partial charge in [-0.05, 0) is 35.9 Å². The maximum absolute atomic E-state index is 13.0. The van der Waals surface area contributed by atoms with Crippen molar-refractivity contribution >= 4 is 22.8 Å². The van der Waals surface area contributed by atoms with Crippen LogP contribution in [0.4, 0.5) is 4.39 Å². The molecule has 0 atom stereocenters. The van der Waals surface area contributed by atoms with E-state index in [1.807, 2.05) is 42.5 Å². The van der Waals surface area contributed by atoms with E-state index >= 15 is 0 Å². The SMILES string of the molecule is O=C(Cc1ccc(F)cc1)NNC(=O)c1oc2ccccc2c1COc1ccccc1. The zero-order chi connectivity index (χ0) is 21.6. The molecule has 156 valence electrons. The molecule has 7 heteroatoms. The Balaban J connectivity index is 1.46. The number of benzene rings is 3. The fraction of sp³-hybridized carbons (Fsp3) is 0.0833. The highest BCUT2D eigenvalue weighted by atomic mass is 19.1. The number of furan rings is 1. The summed E-state index contributed by atoms with van der Waals surface area (Å²) < 4.78 is 24.5. The Hall–Kier alpha value is -4.13. The quantitative estimate of drug-likeness (QED) is 0.461. The van der Waals surface area contributed by atoms with Crippen LogP contribution in [-0.4, -0.2) is 11.8 Å². The summed E-state index contributed by atoms with van der Waals surface area (Å²) in [6, 6.07) is 22.0. The summed E-state index contributed by atoms with van der Waals surface area (Å²) in [5.41, 5.74) is 6.46. The third-order valence-corrected chi connectivity index (χ3v) is 4.62. The minimum absolute atomic E-state index is 0.00926. The van der Waals surface area contributed by atoms with E-state index in [1.165, 1.54) is 24.3 Å². The first-order valence-corrected chi connectivity index (χ1v) is 9.62. The van der Waals surface area contributed by atoms with Gasteiger partial charge in [0.1, 0.15) is 23.8 Å². The molecule has 1 aromatic heterocycles. The highest BCUT2D eigenvalue weighted by Gasteiger charge is 2.21. The predicted molar refractivity (Wildman–Crippen MR) is 113 cm³/mol. The summed E-state index contributed by atoms with van der Waals surface area (Å²) in [6.07, 6.45) is -0.00926. The number of fused-ring (bicyclic) bond motifs is 1. The van der Waals surface area contributed by atoms with Crippen LogP contribution in [0.25, 0.3) is 11.0 Å². The van der Waals surface area contributed by atoms with Crippen LogP contribution in [0.5, 0.6) is 5.75 Å². The van der Waals surface area contributed by atoms with Crippen LogP contribution in [0.15, 0.2) is 83.3 Å².